The van der Waals surface area contributed by atoms with Crippen LogP contribution in [0.15, 0.2) is 48.5 Å². The first-order chi connectivity index (χ1) is 11.1. The molecule has 0 aliphatic carbocycles. The Morgan fingerprint density at radius 3 is 2.39 bits per heavy atom. The molecule has 120 valence electrons. The molecule has 0 aliphatic rings. The molecular formula is C17H17FN2O3. The second kappa shape index (κ2) is 7.93. The van der Waals surface area contributed by atoms with E-state index < -0.39 is 17.6 Å². The maximum atomic E-state index is 13.4. The zero-order valence-corrected chi connectivity index (χ0v) is 12.6. The maximum absolute atomic E-state index is 13.4. The van der Waals surface area contributed by atoms with Gasteiger partial charge >= 0.3 is 11.8 Å². The molecule has 0 saturated heterocycles. The van der Waals surface area contributed by atoms with Crippen molar-refractivity contribution in [2.45, 2.75) is 13.5 Å². The Labute approximate surface area is 133 Å². The smallest absolute Gasteiger partial charge is 0.313 e. The van der Waals surface area contributed by atoms with Crippen LogP contribution in [0.25, 0.3) is 0 Å². The molecule has 0 spiro atoms. The van der Waals surface area contributed by atoms with Gasteiger partial charge in [0.1, 0.15) is 11.6 Å². The van der Waals surface area contributed by atoms with Crippen molar-refractivity contribution < 1.29 is 18.7 Å². The molecule has 0 aliphatic heterocycles. The van der Waals surface area contributed by atoms with Crippen molar-refractivity contribution in [3.8, 4) is 5.75 Å². The number of hydrogen-bond acceptors (Lipinski definition) is 3. The molecule has 2 N–H and O–H groups in total. The minimum atomic E-state index is -0.831. The highest BCUT2D eigenvalue weighted by molar-refractivity contribution is 6.39. The van der Waals surface area contributed by atoms with Crippen LogP contribution in [0, 0.1) is 5.82 Å². The number of halogens is 1. The molecule has 0 unspecified atom stereocenters. The number of ether oxygens (including phenoxy) is 1. The van der Waals surface area contributed by atoms with E-state index in [0.29, 0.717) is 23.6 Å². The summed E-state index contributed by atoms with van der Waals surface area (Å²) in [4.78, 5) is 23.5. The second-order valence-corrected chi connectivity index (χ2v) is 4.69. The fourth-order valence-electron chi connectivity index (χ4n) is 1.89. The molecule has 0 heterocycles. The van der Waals surface area contributed by atoms with Crippen LogP contribution in [0.3, 0.4) is 0 Å². The van der Waals surface area contributed by atoms with Gasteiger partial charge in [0.15, 0.2) is 0 Å². The number of carbonyl (C=O) groups excluding carboxylic acids is 2. The average molecular weight is 316 g/mol. The van der Waals surface area contributed by atoms with Gasteiger partial charge in [-0.25, -0.2) is 4.39 Å². The van der Waals surface area contributed by atoms with Gasteiger partial charge in [-0.2, -0.15) is 0 Å². The molecule has 0 atom stereocenters. The van der Waals surface area contributed by atoms with Crippen LogP contribution in [-0.4, -0.2) is 18.4 Å². The number of hydrogen-bond donors (Lipinski definition) is 2. The Morgan fingerprint density at radius 2 is 1.74 bits per heavy atom. The van der Waals surface area contributed by atoms with Crippen molar-refractivity contribution in [3.63, 3.8) is 0 Å². The van der Waals surface area contributed by atoms with Crippen molar-refractivity contribution in [2.75, 3.05) is 11.9 Å². The monoisotopic (exact) mass is 316 g/mol. The number of amides is 2. The molecule has 0 radical (unpaired) electrons. The average Bonchev–Trinajstić information content (AvgIpc) is 2.56. The predicted octanol–water partition coefficient (Wildman–Crippen LogP) is 2.48. The molecular weight excluding hydrogens is 299 g/mol. The molecule has 2 amide bonds. The Bertz CT molecular complexity index is 686. The van der Waals surface area contributed by atoms with E-state index in [1.54, 1.807) is 42.5 Å². The first kappa shape index (κ1) is 16.5. The fourth-order valence-corrected chi connectivity index (χ4v) is 1.89. The first-order valence-electron chi connectivity index (χ1n) is 7.15. The van der Waals surface area contributed by atoms with Gasteiger partial charge in [0.2, 0.25) is 0 Å². The van der Waals surface area contributed by atoms with Gasteiger partial charge in [0.05, 0.1) is 6.61 Å². The molecule has 0 bridgehead atoms. The minimum absolute atomic E-state index is 0.0534. The van der Waals surface area contributed by atoms with Gasteiger partial charge in [0, 0.05) is 17.8 Å². The normalized spacial score (nSPS) is 10.0. The van der Waals surface area contributed by atoms with Crippen molar-refractivity contribution in [2.24, 2.45) is 0 Å². The molecule has 0 aromatic heterocycles. The minimum Gasteiger partial charge on any atom is -0.494 e. The highest BCUT2D eigenvalue weighted by Gasteiger charge is 2.14. The van der Waals surface area contributed by atoms with E-state index in [1.807, 2.05) is 6.92 Å². The largest absolute Gasteiger partial charge is 0.494 e. The fraction of sp³-hybridized carbons (Fsp3) is 0.176. The van der Waals surface area contributed by atoms with E-state index in [1.165, 1.54) is 6.07 Å². The molecule has 23 heavy (non-hydrogen) atoms. The highest BCUT2D eigenvalue weighted by Crippen LogP contribution is 2.15. The predicted molar refractivity (Wildman–Crippen MR) is 84.5 cm³/mol. The number of nitrogens with one attached hydrogen (secondary N) is 2. The topological polar surface area (TPSA) is 67.4 Å². The van der Waals surface area contributed by atoms with Crippen LogP contribution in [0.2, 0.25) is 0 Å². The second-order valence-electron chi connectivity index (χ2n) is 4.69. The number of rotatable bonds is 5. The lowest BCUT2D eigenvalue weighted by Crippen LogP contribution is -2.35. The number of anilines is 1. The summed E-state index contributed by atoms with van der Waals surface area (Å²) in [5.41, 5.74) is 0.786. The Kier molecular flexibility index (Phi) is 5.68. The summed E-state index contributed by atoms with van der Waals surface area (Å²) in [6, 6.07) is 12.7. The van der Waals surface area contributed by atoms with Crippen molar-refractivity contribution in [1.29, 1.82) is 0 Å². The van der Waals surface area contributed by atoms with Crippen LogP contribution in [-0.2, 0) is 16.1 Å². The summed E-state index contributed by atoms with van der Waals surface area (Å²) < 4.78 is 18.7. The summed E-state index contributed by atoms with van der Waals surface area (Å²) in [6.45, 7) is 2.36. The van der Waals surface area contributed by atoms with Gasteiger partial charge in [-0.1, -0.05) is 18.2 Å². The lowest BCUT2D eigenvalue weighted by molar-refractivity contribution is -0.136. The van der Waals surface area contributed by atoms with Gasteiger partial charge in [-0.3, -0.25) is 9.59 Å². The maximum Gasteiger partial charge on any atom is 0.313 e. The standard InChI is InChI=1S/C17H17FN2O3/c1-2-23-14-9-7-13(8-10-14)20-17(22)16(21)19-11-12-5-3-4-6-15(12)18/h3-10H,2,11H2,1H3,(H,19,21)(H,20,22). The molecule has 6 heteroatoms. The van der Waals surface area contributed by atoms with Crippen LogP contribution >= 0.6 is 0 Å². The SMILES string of the molecule is CCOc1ccc(NC(=O)C(=O)NCc2ccccc2F)cc1. The molecule has 2 aromatic carbocycles. The lowest BCUT2D eigenvalue weighted by atomic mass is 10.2. The third-order valence-corrected chi connectivity index (χ3v) is 3.03. The zero-order chi connectivity index (χ0) is 16.7. The van der Waals surface area contributed by atoms with Crippen LogP contribution < -0.4 is 15.4 Å². The van der Waals surface area contributed by atoms with Crippen molar-refractivity contribution >= 4 is 17.5 Å². The first-order valence-corrected chi connectivity index (χ1v) is 7.15. The Hall–Kier alpha value is -2.89. The van der Waals surface area contributed by atoms with Crippen molar-refractivity contribution in [3.05, 3.63) is 59.9 Å². The van der Waals surface area contributed by atoms with E-state index in [4.69, 9.17) is 4.74 Å². The Balaban J connectivity index is 1.87. The van der Waals surface area contributed by atoms with E-state index in [2.05, 4.69) is 10.6 Å². The molecule has 0 fully saturated rings. The lowest BCUT2D eigenvalue weighted by Gasteiger charge is -2.08. The van der Waals surface area contributed by atoms with Crippen LogP contribution in [0.1, 0.15) is 12.5 Å². The summed E-state index contributed by atoms with van der Waals surface area (Å²) in [5.74, 6) is -1.40. The van der Waals surface area contributed by atoms with Crippen LogP contribution in [0.4, 0.5) is 10.1 Å². The van der Waals surface area contributed by atoms with Gasteiger partial charge in [-0.05, 0) is 37.3 Å². The summed E-state index contributed by atoms with van der Waals surface area (Å²) in [7, 11) is 0. The highest BCUT2D eigenvalue weighted by atomic mass is 19.1. The summed E-state index contributed by atoms with van der Waals surface area (Å²) >= 11 is 0. The summed E-state index contributed by atoms with van der Waals surface area (Å²) in [6.07, 6.45) is 0. The molecule has 0 saturated carbocycles. The van der Waals surface area contributed by atoms with E-state index in [-0.39, 0.29) is 6.54 Å². The van der Waals surface area contributed by atoms with E-state index >= 15 is 0 Å². The Morgan fingerprint density at radius 1 is 1.04 bits per heavy atom. The third kappa shape index (κ3) is 4.81. The van der Waals surface area contributed by atoms with E-state index in [9.17, 15) is 14.0 Å². The quantitative estimate of drug-likeness (QED) is 0.833. The number of carbonyl (C=O) groups is 2. The van der Waals surface area contributed by atoms with Crippen LogP contribution in [0.5, 0.6) is 5.75 Å². The molecule has 2 rings (SSSR count). The molecule has 2 aromatic rings. The van der Waals surface area contributed by atoms with E-state index in [0.717, 1.165) is 0 Å². The number of benzene rings is 2. The summed E-state index contributed by atoms with van der Waals surface area (Å²) in [5, 5.41) is 4.84. The van der Waals surface area contributed by atoms with Gasteiger partial charge in [0.25, 0.3) is 0 Å². The third-order valence-electron chi connectivity index (χ3n) is 3.03. The van der Waals surface area contributed by atoms with Gasteiger partial charge < -0.3 is 15.4 Å². The zero-order valence-electron chi connectivity index (χ0n) is 12.6. The van der Waals surface area contributed by atoms with Gasteiger partial charge in [-0.15, -0.1) is 0 Å². The molecule has 5 nitrogen and oxygen atoms in total. The van der Waals surface area contributed by atoms with Crippen molar-refractivity contribution in [1.82, 2.24) is 5.32 Å².